The van der Waals surface area contributed by atoms with E-state index in [9.17, 15) is 9.59 Å². The van der Waals surface area contributed by atoms with E-state index >= 15 is 0 Å². The van der Waals surface area contributed by atoms with Gasteiger partial charge in [0.25, 0.3) is 5.91 Å². The van der Waals surface area contributed by atoms with Gasteiger partial charge in [0.2, 0.25) is 0 Å². The minimum absolute atomic E-state index is 0.0116. The number of benzene rings is 2. The number of Topliss-reactive ketones (excluding diaryl/α,β-unsaturated/α-hetero) is 1. The van der Waals surface area contributed by atoms with Crippen LogP contribution in [0.5, 0.6) is 0 Å². The SMILES string of the molecule is CCSc1ccccc1C(=O)Nc1ccc(C(C)=O)cc1. The summed E-state index contributed by atoms with van der Waals surface area (Å²) in [6.07, 6.45) is 0. The van der Waals surface area contributed by atoms with Gasteiger partial charge >= 0.3 is 0 Å². The lowest BCUT2D eigenvalue weighted by Gasteiger charge is -2.09. The van der Waals surface area contributed by atoms with Crippen LogP contribution >= 0.6 is 11.8 Å². The van der Waals surface area contributed by atoms with Gasteiger partial charge in [-0.25, -0.2) is 0 Å². The summed E-state index contributed by atoms with van der Waals surface area (Å²) in [7, 11) is 0. The van der Waals surface area contributed by atoms with Crippen LogP contribution in [0.4, 0.5) is 5.69 Å². The van der Waals surface area contributed by atoms with Crippen LogP contribution in [0.2, 0.25) is 0 Å². The second-order valence-electron chi connectivity index (χ2n) is 4.52. The first-order valence-corrected chi connectivity index (χ1v) is 7.74. The van der Waals surface area contributed by atoms with E-state index in [0.29, 0.717) is 16.8 Å². The summed E-state index contributed by atoms with van der Waals surface area (Å²) < 4.78 is 0. The minimum atomic E-state index is -0.137. The molecule has 0 radical (unpaired) electrons. The predicted octanol–water partition coefficient (Wildman–Crippen LogP) is 4.25. The first-order chi connectivity index (χ1) is 10.1. The lowest BCUT2D eigenvalue weighted by Crippen LogP contribution is -2.13. The second-order valence-corrected chi connectivity index (χ2v) is 5.82. The maximum absolute atomic E-state index is 12.3. The molecule has 108 valence electrons. The summed E-state index contributed by atoms with van der Waals surface area (Å²) >= 11 is 1.64. The summed E-state index contributed by atoms with van der Waals surface area (Å²) in [6, 6.07) is 14.5. The monoisotopic (exact) mass is 299 g/mol. The Morgan fingerprint density at radius 3 is 2.33 bits per heavy atom. The van der Waals surface area contributed by atoms with Crippen molar-refractivity contribution >= 4 is 29.1 Å². The summed E-state index contributed by atoms with van der Waals surface area (Å²) in [5, 5.41) is 2.86. The molecule has 0 bridgehead atoms. The Balaban J connectivity index is 2.16. The molecule has 2 rings (SSSR count). The van der Waals surface area contributed by atoms with E-state index in [4.69, 9.17) is 0 Å². The molecule has 0 spiro atoms. The summed E-state index contributed by atoms with van der Waals surface area (Å²) in [4.78, 5) is 24.5. The van der Waals surface area contributed by atoms with Crippen molar-refractivity contribution in [3.63, 3.8) is 0 Å². The van der Waals surface area contributed by atoms with Crippen LogP contribution in [-0.2, 0) is 0 Å². The number of amides is 1. The van der Waals surface area contributed by atoms with Crippen molar-refractivity contribution in [2.75, 3.05) is 11.1 Å². The van der Waals surface area contributed by atoms with E-state index in [1.165, 1.54) is 6.92 Å². The van der Waals surface area contributed by atoms with E-state index in [2.05, 4.69) is 12.2 Å². The summed E-state index contributed by atoms with van der Waals surface area (Å²) in [6.45, 7) is 3.58. The number of anilines is 1. The second kappa shape index (κ2) is 7.09. The van der Waals surface area contributed by atoms with E-state index in [0.717, 1.165) is 10.6 Å². The lowest BCUT2D eigenvalue weighted by atomic mass is 10.1. The van der Waals surface area contributed by atoms with Crippen molar-refractivity contribution < 1.29 is 9.59 Å². The molecule has 0 heterocycles. The normalized spacial score (nSPS) is 10.2. The van der Waals surface area contributed by atoms with Gasteiger partial charge in [0.15, 0.2) is 5.78 Å². The summed E-state index contributed by atoms with van der Waals surface area (Å²) in [5.74, 6) is 0.789. The van der Waals surface area contributed by atoms with Gasteiger partial charge in [-0.3, -0.25) is 9.59 Å². The highest BCUT2D eigenvalue weighted by molar-refractivity contribution is 7.99. The van der Waals surface area contributed by atoms with Gasteiger partial charge in [0.1, 0.15) is 0 Å². The van der Waals surface area contributed by atoms with Gasteiger partial charge in [-0.05, 0) is 49.1 Å². The molecular formula is C17H17NO2S. The molecule has 0 unspecified atom stereocenters. The fraction of sp³-hybridized carbons (Fsp3) is 0.176. The number of ketones is 1. The van der Waals surface area contributed by atoms with Crippen LogP contribution in [0.1, 0.15) is 34.6 Å². The number of hydrogen-bond acceptors (Lipinski definition) is 3. The molecule has 2 aromatic rings. The van der Waals surface area contributed by atoms with Crippen molar-refractivity contribution in [1.82, 2.24) is 0 Å². The number of rotatable bonds is 5. The van der Waals surface area contributed by atoms with Crippen molar-refractivity contribution in [3.05, 3.63) is 59.7 Å². The molecule has 0 atom stereocenters. The molecule has 0 aliphatic carbocycles. The molecular weight excluding hydrogens is 282 g/mol. The van der Waals surface area contributed by atoms with Gasteiger partial charge in [0.05, 0.1) is 5.56 Å². The van der Waals surface area contributed by atoms with Gasteiger partial charge in [0, 0.05) is 16.1 Å². The Morgan fingerprint density at radius 2 is 1.71 bits per heavy atom. The largest absolute Gasteiger partial charge is 0.322 e. The lowest BCUT2D eigenvalue weighted by molar-refractivity contribution is 0.101. The molecule has 0 fully saturated rings. The molecule has 0 aliphatic heterocycles. The third-order valence-corrected chi connectivity index (χ3v) is 3.94. The van der Waals surface area contributed by atoms with Gasteiger partial charge < -0.3 is 5.32 Å². The van der Waals surface area contributed by atoms with Gasteiger partial charge in [-0.15, -0.1) is 11.8 Å². The third kappa shape index (κ3) is 3.95. The first kappa shape index (κ1) is 15.3. The van der Waals surface area contributed by atoms with Crippen molar-refractivity contribution in [1.29, 1.82) is 0 Å². The molecule has 1 N–H and O–H groups in total. The topological polar surface area (TPSA) is 46.2 Å². The smallest absolute Gasteiger partial charge is 0.256 e. The Hall–Kier alpha value is -2.07. The highest BCUT2D eigenvalue weighted by Crippen LogP contribution is 2.23. The van der Waals surface area contributed by atoms with Crippen molar-refractivity contribution in [2.24, 2.45) is 0 Å². The quantitative estimate of drug-likeness (QED) is 0.663. The van der Waals surface area contributed by atoms with Crippen LogP contribution in [0.3, 0.4) is 0 Å². The van der Waals surface area contributed by atoms with Crippen LogP contribution in [0, 0.1) is 0 Å². The fourth-order valence-electron chi connectivity index (χ4n) is 1.92. The maximum Gasteiger partial charge on any atom is 0.256 e. The number of nitrogens with one attached hydrogen (secondary N) is 1. The number of hydrogen-bond donors (Lipinski definition) is 1. The zero-order valence-corrected chi connectivity index (χ0v) is 12.9. The standard InChI is InChI=1S/C17H17NO2S/c1-3-21-16-7-5-4-6-15(16)17(20)18-14-10-8-13(9-11-14)12(2)19/h4-11H,3H2,1-2H3,(H,18,20). The van der Waals surface area contributed by atoms with Gasteiger partial charge in [-0.2, -0.15) is 0 Å². The third-order valence-electron chi connectivity index (χ3n) is 2.98. The Labute approximate surface area is 128 Å². The number of carbonyl (C=O) groups excluding carboxylic acids is 2. The molecule has 3 nitrogen and oxygen atoms in total. The van der Waals surface area contributed by atoms with Crippen molar-refractivity contribution in [3.8, 4) is 0 Å². The molecule has 0 saturated heterocycles. The summed E-state index contributed by atoms with van der Waals surface area (Å²) in [5.41, 5.74) is 1.98. The molecule has 0 aliphatic rings. The predicted molar refractivity (Wildman–Crippen MR) is 87.2 cm³/mol. The zero-order chi connectivity index (χ0) is 15.2. The molecule has 4 heteroatoms. The zero-order valence-electron chi connectivity index (χ0n) is 12.1. The average molecular weight is 299 g/mol. The molecule has 1 amide bonds. The molecule has 0 saturated carbocycles. The number of carbonyl (C=O) groups is 2. The van der Waals surface area contributed by atoms with Crippen LogP contribution in [-0.4, -0.2) is 17.4 Å². The average Bonchev–Trinajstić information content (AvgIpc) is 2.48. The number of thioether (sulfide) groups is 1. The van der Waals surface area contributed by atoms with Crippen LogP contribution in [0.15, 0.2) is 53.4 Å². The molecule has 0 aromatic heterocycles. The molecule has 21 heavy (non-hydrogen) atoms. The Bertz CT molecular complexity index is 650. The van der Waals surface area contributed by atoms with Crippen LogP contribution < -0.4 is 5.32 Å². The highest BCUT2D eigenvalue weighted by atomic mass is 32.2. The van der Waals surface area contributed by atoms with Crippen molar-refractivity contribution in [2.45, 2.75) is 18.7 Å². The van der Waals surface area contributed by atoms with E-state index < -0.39 is 0 Å². The minimum Gasteiger partial charge on any atom is -0.322 e. The van der Waals surface area contributed by atoms with Crippen LogP contribution in [0.25, 0.3) is 0 Å². The Kier molecular flexibility index (Phi) is 5.17. The fourth-order valence-corrected chi connectivity index (χ4v) is 2.72. The van der Waals surface area contributed by atoms with E-state index in [1.807, 2.05) is 24.3 Å². The maximum atomic E-state index is 12.3. The van der Waals surface area contributed by atoms with Gasteiger partial charge in [-0.1, -0.05) is 19.1 Å². The highest BCUT2D eigenvalue weighted by Gasteiger charge is 2.11. The van der Waals surface area contributed by atoms with E-state index in [1.54, 1.807) is 36.0 Å². The molecule has 2 aromatic carbocycles. The first-order valence-electron chi connectivity index (χ1n) is 6.76. The van der Waals surface area contributed by atoms with E-state index in [-0.39, 0.29) is 11.7 Å². The Morgan fingerprint density at radius 1 is 1.05 bits per heavy atom.